The maximum atomic E-state index is 10.1. The number of hydrogen-bond donors (Lipinski definition) is 2. The number of hydrogen-bond acceptors (Lipinski definition) is 3. The maximum Gasteiger partial charge on any atom is 0.0833 e. The lowest BCUT2D eigenvalue weighted by atomic mass is 9.74. The van der Waals surface area contributed by atoms with E-state index in [-0.39, 0.29) is 0 Å². The molecule has 1 fully saturated rings. The van der Waals surface area contributed by atoms with Gasteiger partial charge in [0.1, 0.15) is 0 Å². The molecule has 1 aliphatic rings. The third-order valence-corrected chi connectivity index (χ3v) is 4.90. The Balaban J connectivity index is 1.77. The van der Waals surface area contributed by atoms with E-state index in [1.165, 1.54) is 24.0 Å². The Bertz CT molecular complexity index is 413. The fourth-order valence-corrected chi connectivity index (χ4v) is 3.53. The molecule has 2 N–H and O–H groups in total. The Morgan fingerprint density at radius 3 is 2.68 bits per heavy atom. The van der Waals surface area contributed by atoms with E-state index in [4.69, 9.17) is 0 Å². The van der Waals surface area contributed by atoms with Crippen LogP contribution in [0.3, 0.4) is 0 Å². The van der Waals surface area contributed by atoms with Gasteiger partial charge in [-0.2, -0.15) is 11.8 Å². The van der Waals surface area contributed by atoms with Gasteiger partial charge in [0.2, 0.25) is 0 Å². The van der Waals surface area contributed by atoms with Crippen molar-refractivity contribution in [3.05, 3.63) is 35.4 Å². The molecule has 0 aromatic heterocycles. The van der Waals surface area contributed by atoms with Gasteiger partial charge in [0, 0.05) is 18.3 Å². The van der Waals surface area contributed by atoms with Gasteiger partial charge in [-0.1, -0.05) is 24.3 Å². The van der Waals surface area contributed by atoms with E-state index in [1.54, 1.807) is 11.8 Å². The lowest BCUT2D eigenvalue weighted by Crippen LogP contribution is -2.48. The van der Waals surface area contributed by atoms with Crippen molar-refractivity contribution in [2.24, 2.45) is 0 Å². The van der Waals surface area contributed by atoms with Gasteiger partial charge < -0.3 is 10.4 Å². The first-order valence-corrected chi connectivity index (χ1v) is 8.41. The van der Waals surface area contributed by atoms with Crippen molar-refractivity contribution in [1.82, 2.24) is 5.32 Å². The van der Waals surface area contributed by atoms with Crippen LogP contribution in [0.2, 0.25) is 0 Å². The van der Waals surface area contributed by atoms with E-state index < -0.39 is 5.60 Å². The predicted octanol–water partition coefficient (Wildman–Crippen LogP) is 2.94. The van der Waals surface area contributed by atoms with Crippen molar-refractivity contribution in [2.45, 2.75) is 44.2 Å². The highest BCUT2D eigenvalue weighted by Gasteiger charge is 2.32. The topological polar surface area (TPSA) is 32.3 Å². The molecule has 0 aliphatic heterocycles. The molecule has 1 saturated carbocycles. The first-order chi connectivity index (χ1) is 9.02. The second-order valence-corrected chi connectivity index (χ2v) is 6.90. The highest BCUT2D eigenvalue weighted by atomic mass is 32.2. The van der Waals surface area contributed by atoms with Crippen LogP contribution in [-0.4, -0.2) is 35.3 Å². The van der Waals surface area contributed by atoms with Gasteiger partial charge in [-0.25, -0.2) is 0 Å². The van der Waals surface area contributed by atoms with Crippen molar-refractivity contribution in [3.8, 4) is 0 Å². The van der Waals surface area contributed by atoms with Gasteiger partial charge in [0.15, 0.2) is 0 Å². The molecule has 0 radical (unpaired) electrons. The van der Waals surface area contributed by atoms with Crippen LogP contribution in [0, 0.1) is 6.92 Å². The molecule has 0 heterocycles. The Morgan fingerprint density at radius 2 is 2.05 bits per heavy atom. The summed E-state index contributed by atoms with van der Waals surface area (Å²) in [6.07, 6.45) is 4.42. The van der Waals surface area contributed by atoms with Crippen LogP contribution < -0.4 is 5.32 Å². The monoisotopic (exact) mass is 279 g/mol. The molecule has 0 saturated heterocycles. The number of benzene rings is 1. The van der Waals surface area contributed by atoms with Crippen LogP contribution in [0.5, 0.6) is 0 Å². The lowest BCUT2D eigenvalue weighted by Gasteiger charge is -2.38. The van der Waals surface area contributed by atoms with E-state index in [2.05, 4.69) is 36.5 Å². The molecule has 0 spiro atoms. The highest BCUT2D eigenvalue weighted by Crippen LogP contribution is 2.38. The molecule has 2 nitrogen and oxygen atoms in total. The minimum atomic E-state index is -0.590. The summed E-state index contributed by atoms with van der Waals surface area (Å²) in [5.41, 5.74) is 2.31. The second kappa shape index (κ2) is 6.29. The predicted molar refractivity (Wildman–Crippen MR) is 84.0 cm³/mol. The summed E-state index contributed by atoms with van der Waals surface area (Å²) in [5.74, 6) is 1.48. The molecule has 3 heteroatoms. The van der Waals surface area contributed by atoms with Crippen molar-refractivity contribution >= 4 is 11.8 Å². The molecule has 0 bridgehead atoms. The summed E-state index contributed by atoms with van der Waals surface area (Å²) >= 11 is 1.70. The summed E-state index contributed by atoms with van der Waals surface area (Å²) in [5, 5.41) is 13.6. The molecule has 1 unspecified atom stereocenters. The molecule has 0 amide bonds. The Morgan fingerprint density at radius 1 is 1.37 bits per heavy atom. The van der Waals surface area contributed by atoms with Gasteiger partial charge in [0.05, 0.1) is 5.60 Å². The first kappa shape index (κ1) is 14.9. The molecule has 1 aromatic carbocycles. The summed E-state index contributed by atoms with van der Waals surface area (Å²) < 4.78 is 0. The Kier molecular flexibility index (Phi) is 4.93. The van der Waals surface area contributed by atoms with Crippen LogP contribution in [0.4, 0.5) is 0 Å². The highest BCUT2D eigenvalue weighted by molar-refractivity contribution is 7.98. The largest absolute Gasteiger partial charge is 0.388 e. The van der Waals surface area contributed by atoms with Crippen LogP contribution in [-0.2, 0) is 0 Å². The zero-order chi connectivity index (χ0) is 13.9. The van der Waals surface area contributed by atoms with Crippen molar-refractivity contribution in [3.63, 3.8) is 0 Å². The Hall–Kier alpha value is -0.510. The smallest absolute Gasteiger partial charge is 0.0833 e. The van der Waals surface area contributed by atoms with Crippen LogP contribution in [0.25, 0.3) is 0 Å². The number of aliphatic hydroxyl groups is 1. The minimum absolute atomic E-state index is 0.568. The van der Waals surface area contributed by atoms with Crippen LogP contribution >= 0.6 is 11.8 Å². The first-order valence-electron chi connectivity index (χ1n) is 7.02. The third-order valence-electron chi connectivity index (χ3n) is 3.99. The zero-order valence-corrected chi connectivity index (χ0v) is 13.0. The molecule has 106 valence electrons. The third kappa shape index (κ3) is 3.98. The molecule has 1 atom stereocenters. The molecular weight excluding hydrogens is 254 g/mol. The zero-order valence-electron chi connectivity index (χ0n) is 12.1. The fraction of sp³-hybridized carbons (Fsp3) is 0.625. The minimum Gasteiger partial charge on any atom is -0.388 e. The molecule has 1 aromatic rings. The average Bonchev–Trinajstić information content (AvgIpc) is 2.29. The summed E-state index contributed by atoms with van der Waals surface area (Å²) in [4.78, 5) is 0. The van der Waals surface area contributed by atoms with E-state index >= 15 is 0 Å². The normalized spacial score (nSPS) is 25.7. The van der Waals surface area contributed by atoms with E-state index in [0.29, 0.717) is 18.5 Å². The molecule has 1 aliphatic carbocycles. The van der Waals surface area contributed by atoms with Crippen LogP contribution in [0.15, 0.2) is 24.3 Å². The van der Waals surface area contributed by atoms with E-state index in [9.17, 15) is 5.11 Å². The number of aryl methyl sites for hydroxylation is 1. The summed E-state index contributed by atoms with van der Waals surface area (Å²) in [7, 11) is 0. The summed E-state index contributed by atoms with van der Waals surface area (Å²) in [6.45, 7) is 4.80. The van der Waals surface area contributed by atoms with Gasteiger partial charge in [0.25, 0.3) is 0 Å². The van der Waals surface area contributed by atoms with Gasteiger partial charge in [-0.05, 0) is 50.0 Å². The molecule has 2 rings (SSSR count). The molecular formula is C16H25NOS. The quantitative estimate of drug-likeness (QED) is 0.840. The summed E-state index contributed by atoms with van der Waals surface area (Å²) in [6, 6.07) is 9.25. The van der Waals surface area contributed by atoms with Crippen molar-refractivity contribution in [1.29, 1.82) is 0 Å². The Labute approximate surface area is 121 Å². The number of nitrogens with one attached hydrogen (secondary N) is 1. The van der Waals surface area contributed by atoms with Crippen molar-refractivity contribution in [2.75, 3.05) is 18.6 Å². The number of thioether (sulfide) groups is 1. The van der Waals surface area contributed by atoms with Gasteiger partial charge in [-0.3, -0.25) is 0 Å². The fourth-order valence-electron chi connectivity index (χ4n) is 2.81. The van der Waals surface area contributed by atoms with Gasteiger partial charge >= 0.3 is 0 Å². The van der Waals surface area contributed by atoms with E-state index in [1.807, 2.05) is 13.2 Å². The van der Waals surface area contributed by atoms with Gasteiger partial charge in [-0.15, -0.1) is 0 Å². The SMILES string of the molecule is CSCC(C)(O)CNC1CC(c2ccccc2C)C1. The standard InChI is InChI=1S/C16H25NOS/c1-12-6-4-5-7-15(12)13-8-14(9-13)17-10-16(2,18)11-19-3/h4-7,13-14,17-18H,8-11H2,1-3H3. The van der Waals surface area contributed by atoms with Crippen molar-refractivity contribution < 1.29 is 5.11 Å². The average molecular weight is 279 g/mol. The number of rotatable bonds is 6. The van der Waals surface area contributed by atoms with Crippen LogP contribution in [0.1, 0.15) is 36.8 Å². The second-order valence-electron chi connectivity index (χ2n) is 6.03. The molecule has 19 heavy (non-hydrogen) atoms. The van der Waals surface area contributed by atoms with E-state index in [0.717, 1.165) is 5.75 Å². The maximum absolute atomic E-state index is 10.1. The lowest BCUT2D eigenvalue weighted by molar-refractivity contribution is 0.0756.